The van der Waals surface area contributed by atoms with Crippen molar-refractivity contribution in [3.05, 3.63) is 128 Å². The summed E-state index contributed by atoms with van der Waals surface area (Å²) >= 11 is -0.00819. The molecule has 46 heteroatoms. The van der Waals surface area contributed by atoms with Crippen LogP contribution >= 0.6 is 12.0 Å². The van der Waals surface area contributed by atoms with Crippen molar-refractivity contribution in [3.63, 3.8) is 0 Å². The Morgan fingerprint density at radius 2 is 1.21 bits per heavy atom. The Morgan fingerprint density at radius 3 is 1.80 bits per heavy atom. The van der Waals surface area contributed by atoms with E-state index in [-0.39, 0.29) is 12.0 Å². The summed E-state index contributed by atoms with van der Waals surface area (Å²) in [5.74, 6) is -6.90. The minimum Gasteiger partial charge on any atom is -0.505 e. The van der Waals surface area contributed by atoms with E-state index in [1.54, 1.807) is 0 Å². The number of nitrogens with one attached hydrogen (secondary N) is 1. The van der Waals surface area contributed by atoms with Gasteiger partial charge in [0.1, 0.15) is 59.4 Å². The molecular weight excluding hydrogens is 1330 g/mol. The van der Waals surface area contributed by atoms with Crippen molar-refractivity contribution < 1.29 is 114 Å². The summed E-state index contributed by atoms with van der Waals surface area (Å²) < 4.78 is 182. The molecule has 0 spiro atoms. The van der Waals surface area contributed by atoms with E-state index in [9.17, 15) is 110 Å². The van der Waals surface area contributed by atoms with Crippen LogP contribution in [0.5, 0.6) is 11.5 Å². The number of aromatic carboxylic acids is 2. The van der Waals surface area contributed by atoms with Gasteiger partial charge >= 0.3 is 17.5 Å². The summed E-state index contributed by atoms with van der Waals surface area (Å²) in [7, 11) is -27.3. The number of phenolic OH excluding ortho intramolecular Hbond substituents is 2. The van der Waals surface area contributed by atoms with E-state index in [1.165, 1.54) is 0 Å². The predicted molar refractivity (Wildman–Crippen MR) is 298 cm³/mol. The van der Waals surface area contributed by atoms with Gasteiger partial charge in [0, 0.05) is 28.3 Å². The molecule has 1 heterocycles. The highest BCUT2D eigenvalue weighted by molar-refractivity contribution is 7.94. The molecule has 90 heavy (non-hydrogen) atoms. The molecule has 7 aromatic carbocycles. The molecule has 13 N–H and O–H groups in total. The number of rotatable bonds is 20. The number of nitrogen functional groups attached to an aromatic ring is 1. The number of hydrogen-bond acceptors (Lipinski definition) is 30. The summed E-state index contributed by atoms with van der Waals surface area (Å²) in [6.45, 7) is 7.52. The fraction of sp³-hybridized carbons (Fsp3) is 0. The number of nitro benzene ring substituents is 1. The first kappa shape index (κ1) is 65.5. The number of anilines is 1. The molecule has 466 valence electrons. The molecule has 0 aliphatic rings. The van der Waals surface area contributed by atoms with E-state index in [0.29, 0.717) is 59.3 Å². The van der Waals surface area contributed by atoms with Crippen LogP contribution < -0.4 is 11.3 Å². The van der Waals surface area contributed by atoms with Gasteiger partial charge in [-0.25, -0.2) is 19.9 Å². The van der Waals surface area contributed by atoms with Gasteiger partial charge in [0.05, 0.1) is 54.6 Å². The third kappa shape index (κ3) is 13.2. The normalized spacial score (nSPS) is 12.7. The summed E-state index contributed by atoms with van der Waals surface area (Å²) in [4.78, 5) is 44.3. The average molecular weight is 1360 g/mol. The molecule has 0 amide bonds. The third-order valence-corrected chi connectivity index (χ3v) is 16.9. The Bertz CT molecular complexity index is 5340. The molecule has 8 aromatic rings. The summed E-state index contributed by atoms with van der Waals surface area (Å²) in [6, 6.07) is 9.10. The highest BCUT2D eigenvalue weighted by Gasteiger charge is 2.31. The standard InChI is InChI=1S/C44H27N13O27S6/c1-46-41-37(42(60)56(55-41)28-12-18(86(68,69)70)4-5-20(28)43(61)62)54-50-26-10-16(2-9-30(26)87(71,72)73)47-53-36-32(89(77,78)79)14-21-19(38(36)58)6-8-25(40(21)90(80,81)82)49-51-27-15-31(88(74,75)76)23-13-29(85-84-83-67)35(39(59)33(23)34(27)45)52-48-24-7-3-17(57(65)66)11-22(24)44(63)64/h2-15,55,58-59,67H,45H2,(H,61,62)(H,63,64)(H,68,69,70)(H,71,72,73)(H,74,75,76)(H,77,78,79)(H,80,81,82). The van der Waals surface area contributed by atoms with Crippen LogP contribution in [0.4, 0.5) is 62.7 Å². The van der Waals surface area contributed by atoms with E-state index >= 15 is 0 Å². The highest BCUT2D eigenvalue weighted by atomic mass is 32.2. The molecule has 0 bridgehead atoms. The van der Waals surface area contributed by atoms with Crippen molar-refractivity contribution in [3.8, 4) is 17.2 Å². The molecular formula is C44H27N13O27S6. The Balaban J connectivity index is 1.24. The molecule has 8 rings (SSSR count). The van der Waals surface area contributed by atoms with E-state index in [2.05, 4.69) is 60.2 Å². The lowest BCUT2D eigenvalue weighted by Gasteiger charge is -2.15. The fourth-order valence-electron chi connectivity index (χ4n) is 8.02. The van der Waals surface area contributed by atoms with E-state index in [4.69, 9.17) is 17.6 Å². The molecule has 0 fully saturated rings. The summed E-state index contributed by atoms with van der Waals surface area (Å²) in [6.07, 6.45) is 0. The van der Waals surface area contributed by atoms with Gasteiger partial charge in [0.15, 0.2) is 17.2 Å². The lowest BCUT2D eigenvalue weighted by Crippen LogP contribution is -2.18. The number of carbonyl (C=O) groups is 2. The highest BCUT2D eigenvalue weighted by Crippen LogP contribution is 2.51. The van der Waals surface area contributed by atoms with Gasteiger partial charge in [0.25, 0.3) is 62.1 Å². The number of nitro groups is 1. The maximum atomic E-state index is 13.6. The molecule has 0 radical (unpaired) electrons. The Morgan fingerprint density at radius 1 is 0.611 bits per heavy atom. The number of H-pyrrole nitrogens is 1. The zero-order chi connectivity index (χ0) is 66.5. The lowest BCUT2D eigenvalue weighted by atomic mass is 10.0. The molecule has 0 aliphatic carbocycles. The average Bonchev–Trinajstić information content (AvgIpc) is 0.880. The number of nitrogens with two attached hydrogens (primary N) is 1. The second-order valence-corrected chi connectivity index (χ2v) is 24.9. The monoisotopic (exact) mass is 1360 g/mol. The smallest absolute Gasteiger partial charge is 0.338 e. The zero-order valence-corrected chi connectivity index (χ0v) is 47.8. The number of azo groups is 4. The van der Waals surface area contributed by atoms with Gasteiger partial charge in [-0.2, -0.15) is 62.1 Å². The van der Waals surface area contributed by atoms with Crippen LogP contribution in [0.1, 0.15) is 20.7 Å². The number of non-ortho nitro benzene ring substituents is 1. The first-order chi connectivity index (χ1) is 41.9. The summed E-state index contributed by atoms with van der Waals surface area (Å²) in [5.41, 5.74) is -6.06. The van der Waals surface area contributed by atoms with Crippen LogP contribution in [0.2, 0.25) is 0 Å². The summed E-state index contributed by atoms with van der Waals surface area (Å²) in [5, 5.41) is 94.5. The number of hydrogen-bond donors (Lipinski definition) is 12. The molecule has 0 saturated heterocycles. The quantitative estimate of drug-likeness (QED) is 0.00496. The van der Waals surface area contributed by atoms with Gasteiger partial charge in [-0.1, -0.05) is 11.6 Å². The van der Waals surface area contributed by atoms with Crippen molar-refractivity contribution in [1.82, 2.24) is 9.78 Å². The number of carboxylic acids is 2. The van der Waals surface area contributed by atoms with Crippen LogP contribution in [-0.4, -0.2) is 117 Å². The van der Waals surface area contributed by atoms with Crippen molar-refractivity contribution in [1.29, 1.82) is 0 Å². The maximum absolute atomic E-state index is 13.6. The van der Waals surface area contributed by atoms with Crippen molar-refractivity contribution >= 4 is 159 Å². The van der Waals surface area contributed by atoms with Gasteiger partial charge in [0.2, 0.25) is 0 Å². The number of fused-ring (bicyclic) bond motifs is 2. The molecule has 0 unspecified atom stereocenters. The maximum Gasteiger partial charge on any atom is 0.338 e. The SMILES string of the molecule is [C-]#[N+]c1[nH]n(-c2cc(S(=O)(=O)O)ccc2C(=O)O)c(=O)c1N=Nc1cc(N=Nc2c(S(=O)(=O)O)cc3c(S(=O)(=O)O)c(N=Nc4cc(S(=O)(=O)O)c5cc(SOOO)c(N=Nc6ccc([N+](=O)[O-])cc6C(=O)O)c(O)c5c4N)ccc3c2O)ccc1S(=O)(=O)O. The third-order valence-electron chi connectivity index (χ3n) is 11.8. The second kappa shape index (κ2) is 24.2. The first-order valence-electron chi connectivity index (χ1n) is 22.8. The first-order valence-corrected chi connectivity index (χ1v) is 30.7. The number of aromatic nitrogens is 2. The molecule has 40 nitrogen and oxygen atoms in total. The minimum atomic E-state index is -5.76. The molecule has 0 atom stereocenters. The topological polar surface area (TPSA) is 636 Å². The van der Waals surface area contributed by atoms with Gasteiger partial charge in [-0.05, 0) is 72.8 Å². The second-order valence-electron chi connectivity index (χ2n) is 17.2. The fourth-order valence-corrected chi connectivity index (χ4v) is 11.8. The minimum absolute atomic E-state index is 0.00819. The molecule has 0 saturated carbocycles. The van der Waals surface area contributed by atoms with Gasteiger partial charge in [-0.3, -0.25) is 37.7 Å². The predicted octanol–water partition coefficient (Wildman–Crippen LogP) is 8.64. The van der Waals surface area contributed by atoms with Gasteiger partial charge < -0.3 is 31.0 Å². The molecule has 1 aromatic heterocycles. The number of phenols is 2. The molecule has 0 aliphatic heterocycles. The van der Waals surface area contributed by atoms with Crippen molar-refractivity contribution in [2.45, 2.75) is 29.4 Å². The van der Waals surface area contributed by atoms with Crippen LogP contribution in [0.15, 0.2) is 160 Å². The van der Waals surface area contributed by atoms with Gasteiger partial charge in [-0.15, -0.1) is 29.9 Å². The Labute approximate surface area is 501 Å². The van der Waals surface area contributed by atoms with E-state index in [0.717, 1.165) is 30.3 Å². The van der Waals surface area contributed by atoms with Crippen LogP contribution in [0.3, 0.4) is 0 Å². The number of aromatic amines is 1. The van der Waals surface area contributed by atoms with E-state index in [1.807, 2.05) is 0 Å². The van der Waals surface area contributed by atoms with Crippen LogP contribution in [0.25, 0.3) is 32.1 Å². The van der Waals surface area contributed by atoms with Crippen molar-refractivity contribution in [2.24, 2.45) is 40.9 Å². The number of benzene rings is 7. The lowest BCUT2D eigenvalue weighted by molar-refractivity contribution is -0.432. The number of nitrogens with zero attached hydrogens (tertiary/aromatic N) is 11. The Hall–Kier alpha value is -10.5. The largest absolute Gasteiger partial charge is 0.505 e. The number of aromatic hydroxyl groups is 2. The van der Waals surface area contributed by atoms with E-state index < -0.39 is 215 Å². The van der Waals surface area contributed by atoms with Crippen molar-refractivity contribution in [2.75, 3.05) is 5.73 Å². The van der Waals surface area contributed by atoms with Crippen LogP contribution in [-0.2, 0) is 60.0 Å². The zero-order valence-electron chi connectivity index (χ0n) is 42.9. The Kier molecular flexibility index (Phi) is 17.6. The van der Waals surface area contributed by atoms with Crippen LogP contribution in [0, 0.1) is 16.7 Å². The number of carboxylic acid groups (broad SMARTS) is 2.